The van der Waals surface area contributed by atoms with Crippen molar-refractivity contribution in [2.24, 2.45) is 0 Å². The summed E-state index contributed by atoms with van der Waals surface area (Å²) in [5.74, 6) is 0. The van der Waals surface area contributed by atoms with Crippen LogP contribution in [0, 0.1) is 13.8 Å². The Kier molecular flexibility index (Phi) is 3.95. The van der Waals surface area contributed by atoms with Crippen LogP contribution in [-0.2, 0) is 10.2 Å². The molecule has 0 amide bonds. The molecule has 88 valence electrons. The molecule has 1 aromatic carbocycles. The summed E-state index contributed by atoms with van der Waals surface area (Å²) in [4.78, 5) is 10.7. The number of halogens is 1. The van der Waals surface area contributed by atoms with Crippen LogP contribution in [0.1, 0.15) is 47.9 Å². The van der Waals surface area contributed by atoms with Gasteiger partial charge in [0.1, 0.15) is 6.29 Å². The molecule has 0 unspecified atom stereocenters. The van der Waals surface area contributed by atoms with E-state index in [9.17, 15) is 4.79 Å². The van der Waals surface area contributed by atoms with E-state index >= 15 is 0 Å². The maximum atomic E-state index is 10.8. The lowest BCUT2D eigenvalue weighted by Gasteiger charge is -2.22. The minimum Gasteiger partial charge on any atom is -0.302 e. The molecule has 0 aliphatic rings. The molecule has 0 N–H and O–H groups in total. The predicted octanol–water partition coefficient (Wildman–Crippen LogP) is 4.24. The van der Waals surface area contributed by atoms with Gasteiger partial charge in [-0.2, -0.15) is 0 Å². The number of rotatable bonds is 2. The third-order valence-electron chi connectivity index (χ3n) is 2.85. The Morgan fingerprint density at radius 2 is 1.62 bits per heavy atom. The number of benzene rings is 1. The fourth-order valence-electron chi connectivity index (χ4n) is 1.91. The van der Waals surface area contributed by atoms with Crippen LogP contribution >= 0.6 is 15.9 Å². The van der Waals surface area contributed by atoms with Crippen molar-refractivity contribution in [1.29, 1.82) is 0 Å². The number of hydrogen-bond donors (Lipinski definition) is 0. The Morgan fingerprint density at radius 3 is 1.94 bits per heavy atom. The summed E-state index contributed by atoms with van der Waals surface area (Å²) in [7, 11) is 0. The molecule has 1 atom stereocenters. The van der Waals surface area contributed by atoms with Crippen LogP contribution < -0.4 is 0 Å². The van der Waals surface area contributed by atoms with Crippen LogP contribution in [0.5, 0.6) is 0 Å². The molecule has 2 heteroatoms. The fourth-order valence-corrected chi connectivity index (χ4v) is 2.63. The zero-order chi connectivity index (χ0) is 12.5. The molecular weight excluding hydrogens is 264 g/mol. The summed E-state index contributed by atoms with van der Waals surface area (Å²) in [5.41, 5.74) is 4.93. The van der Waals surface area contributed by atoms with E-state index in [1.807, 2.05) is 0 Å². The monoisotopic (exact) mass is 282 g/mol. The third kappa shape index (κ3) is 2.73. The van der Waals surface area contributed by atoms with Crippen molar-refractivity contribution >= 4 is 22.2 Å². The average Bonchev–Trinajstić information content (AvgIpc) is 2.14. The van der Waals surface area contributed by atoms with Crippen molar-refractivity contribution in [2.75, 3.05) is 0 Å². The Balaban J connectivity index is 3.33. The van der Waals surface area contributed by atoms with Crippen molar-refractivity contribution < 1.29 is 4.79 Å². The smallest absolute Gasteiger partial charge is 0.138 e. The second-order valence-electron chi connectivity index (χ2n) is 5.31. The molecule has 1 aromatic rings. The summed E-state index contributed by atoms with van der Waals surface area (Å²) >= 11 is 3.39. The molecule has 0 saturated carbocycles. The van der Waals surface area contributed by atoms with Gasteiger partial charge in [0.2, 0.25) is 0 Å². The minimum atomic E-state index is -0.193. The zero-order valence-electron chi connectivity index (χ0n) is 10.6. The lowest BCUT2D eigenvalue weighted by atomic mass is 9.83. The van der Waals surface area contributed by atoms with Gasteiger partial charge in [0, 0.05) is 0 Å². The Bertz CT molecular complexity index is 379. The van der Waals surface area contributed by atoms with Crippen LogP contribution in [0.25, 0.3) is 0 Å². The topological polar surface area (TPSA) is 17.1 Å². The first kappa shape index (κ1) is 13.4. The van der Waals surface area contributed by atoms with Crippen LogP contribution in [-0.4, -0.2) is 6.29 Å². The van der Waals surface area contributed by atoms with Gasteiger partial charge in [-0.1, -0.05) is 48.8 Å². The first-order valence-electron chi connectivity index (χ1n) is 5.48. The van der Waals surface area contributed by atoms with Crippen molar-refractivity contribution in [3.05, 3.63) is 34.4 Å². The Morgan fingerprint density at radius 1 is 1.19 bits per heavy atom. The lowest BCUT2D eigenvalue weighted by molar-refractivity contribution is -0.107. The van der Waals surface area contributed by atoms with E-state index in [1.165, 1.54) is 16.7 Å². The number of alkyl halides is 1. The lowest BCUT2D eigenvalue weighted by Crippen LogP contribution is -2.13. The quantitative estimate of drug-likeness (QED) is 0.586. The SMILES string of the molecule is Cc1cc(C(C)(C)C)cc(C)c1[C@H](Br)C=O. The van der Waals surface area contributed by atoms with Gasteiger partial charge in [0.05, 0.1) is 4.83 Å². The molecule has 16 heavy (non-hydrogen) atoms. The molecule has 0 aliphatic carbocycles. The Labute approximate surface area is 106 Å². The summed E-state index contributed by atoms with van der Waals surface area (Å²) in [6.45, 7) is 10.7. The second kappa shape index (κ2) is 4.70. The Hall–Kier alpha value is -0.630. The average molecular weight is 283 g/mol. The van der Waals surface area contributed by atoms with Gasteiger partial charge in [0.15, 0.2) is 0 Å². The molecule has 1 nitrogen and oxygen atoms in total. The molecule has 0 heterocycles. The largest absolute Gasteiger partial charge is 0.302 e. The first-order chi connectivity index (χ1) is 7.27. The first-order valence-corrected chi connectivity index (χ1v) is 6.40. The van der Waals surface area contributed by atoms with E-state index in [1.54, 1.807) is 0 Å². The van der Waals surface area contributed by atoms with Crippen molar-refractivity contribution in [3.63, 3.8) is 0 Å². The predicted molar refractivity (Wildman–Crippen MR) is 72.3 cm³/mol. The van der Waals surface area contributed by atoms with Crippen molar-refractivity contribution in [2.45, 2.75) is 44.9 Å². The number of hydrogen-bond acceptors (Lipinski definition) is 1. The molecule has 0 spiro atoms. The van der Waals surface area contributed by atoms with E-state index < -0.39 is 0 Å². The molecule has 1 rings (SSSR count). The highest BCUT2D eigenvalue weighted by Crippen LogP contribution is 2.32. The van der Waals surface area contributed by atoms with E-state index in [2.05, 4.69) is 62.7 Å². The van der Waals surface area contributed by atoms with Gasteiger partial charge in [-0.05, 0) is 41.5 Å². The van der Waals surface area contributed by atoms with E-state index in [0.29, 0.717) is 0 Å². The highest BCUT2D eigenvalue weighted by Gasteiger charge is 2.18. The standard InChI is InChI=1S/C14H19BrO/c1-9-6-11(14(3,4)5)7-10(2)13(9)12(15)8-16/h6-8,12H,1-5H3/t12-/m1/s1. The van der Waals surface area contributed by atoms with E-state index in [4.69, 9.17) is 0 Å². The zero-order valence-corrected chi connectivity index (χ0v) is 12.2. The summed E-state index contributed by atoms with van der Waals surface area (Å²) < 4.78 is 0. The normalized spacial score (nSPS) is 13.6. The highest BCUT2D eigenvalue weighted by atomic mass is 79.9. The third-order valence-corrected chi connectivity index (χ3v) is 3.53. The molecule has 0 radical (unpaired) electrons. The van der Waals surface area contributed by atoms with Crippen LogP contribution in [0.3, 0.4) is 0 Å². The van der Waals surface area contributed by atoms with Crippen LogP contribution in [0.2, 0.25) is 0 Å². The second-order valence-corrected chi connectivity index (χ2v) is 6.30. The van der Waals surface area contributed by atoms with Gasteiger partial charge < -0.3 is 4.79 Å². The summed E-state index contributed by atoms with van der Waals surface area (Å²) in [6.07, 6.45) is 0.937. The number of carbonyl (C=O) groups is 1. The fraction of sp³-hybridized carbons (Fsp3) is 0.500. The minimum absolute atomic E-state index is 0.150. The van der Waals surface area contributed by atoms with E-state index in [0.717, 1.165) is 11.8 Å². The van der Waals surface area contributed by atoms with Gasteiger partial charge in [-0.15, -0.1) is 0 Å². The summed E-state index contributed by atoms with van der Waals surface area (Å²) in [5, 5.41) is 0. The summed E-state index contributed by atoms with van der Waals surface area (Å²) in [6, 6.07) is 4.36. The molecule has 0 saturated heterocycles. The van der Waals surface area contributed by atoms with E-state index in [-0.39, 0.29) is 10.2 Å². The maximum absolute atomic E-state index is 10.8. The molecule has 0 fully saturated rings. The highest BCUT2D eigenvalue weighted by molar-refractivity contribution is 9.09. The van der Waals surface area contributed by atoms with Crippen molar-refractivity contribution in [1.82, 2.24) is 0 Å². The molecule has 0 aromatic heterocycles. The number of aldehydes is 1. The number of carbonyl (C=O) groups excluding carboxylic acids is 1. The molecular formula is C14H19BrO. The van der Waals surface area contributed by atoms with Crippen molar-refractivity contribution in [3.8, 4) is 0 Å². The van der Waals surface area contributed by atoms with Gasteiger partial charge in [0.25, 0.3) is 0 Å². The number of aryl methyl sites for hydroxylation is 2. The van der Waals surface area contributed by atoms with Gasteiger partial charge >= 0.3 is 0 Å². The maximum Gasteiger partial charge on any atom is 0.138 e. The molecule has 0 bridgehead atoms. The van der Waals surface area contributed by atoms with Crippen LogP contribution in [0.4, 0.5) is 0 Å². The van der Waals surface area contributed by atoms with Crippen LogP contribution in [0.15, 0.2) is 12.1 Å². The van der Waals surface area contributed by atoms with Gasteiger partial charge in [-0.25, -0.2) is 0 Å². The molecule has 0 aliphatic heterocycles. The van der Waals surface area contributed by atoms with Gasteiger partial charge in [-0.3, -0.25) is 0 Å².